The third-order valence-electron chi connectivity index (χ3n) is 6.00. The van der Waals surface area contributed by atoms with Crippen LogP contribution in [0.25, 0.3) is 0 Å². The van der Waals surface area contributed by atoms with Crippen molar-refractivity contribution in [1.82, 2.24) is 31.1 Å². The maximum atomic E-state index is 12.3. The second kappa shape index (κ2) is 10.8. The van der Waals surface area contributed by atoms with E-state index in [9.17, 15) is 18.0 Å². The Hall–Kier alpha value is -3.93. The summed E-state index contributed by atoms with van der Waals surface area (Å²) < 4.78 is 37.0. The fourth-order valence-corrected chi connectivity index (χ4v) is 4.14. The summed E-state index contributed by atoms with van der Waals surface area (Å²) in [7, 11) is 0. The van der Waals surface area contributed by atoms with Crippen LogP contribution in [-0.2, 0) is 0 Å². The first-order valence-corrected chi connectivity index (χ1v) is 11.6. The number of amidine groups is 1. The molecule has 0 aromatic rings. The van der Waals surface area contributed by atoms with Crippen LogP contribution in [0.3, 0.4) is 0 Å². The Balaban J connectivity index is 1.34. The molecule has 1 atom stereocenters. The van der Waals surface area contributed by atoms with Crippen molar-refractivity contribution >= 4 is 11.9 Å². The lowest BCUT2D eigenvalue weighted by atomic mass is 9.94. The van der Waals surface area contributed by atoms with Gasteiger partial charge in [-0.1, -0.05) is 12.2 Å². The number of nitrogens with one attached hydrogen (secondary N) is 5. The molecule has 1 fully saturated rings. The molecule has 12 heteroatoms. The minimum atomic E-state index is -4.47. The number of nitrogens with zero attached hydrogens (tertiary/aromatic N) is 2. The van der Waals surface area contributed by atoms with Gasteiger partial charge in [0.15, 0.2) is 0 Å². The molecule has 4 rings (SSSR count). The number of allylic oxidation sites excluding steroid dienone is 8. The van der Waals surface area contributed by atoms with Crippen LogP contribution in [0.5, 0.6) is 0 Å². The number of rotatable bonds is 5. The Kier molecular flexibility index (Phi) is 7.53. The van der Waals surface area contributed by atoms with Crippen molar-refractivity contribution < 1.29 is 18.0 Å². The molecule has 0 aromatic heterocycles. The Morgan fingerprint density at radius 2 is 2.06 bits per heavy atom. The summed E-state index contributed by atoms with van der Waals surface area (Å²) in [6, 6.07) is -0.895. The number of halogens is 3. The van der Waals surface area contributed by atoms with Crippen LogP contribution in [0.1, 0.15) is 6.42 Å². The molecule has 3 heterocycles. The predicted molar refractivity (Wildman–Crippen MR) is 131 cm³/mol. The van der Waals surface area contributed by atoms with Crippen LogP contribution in [0.15, 0.2) is 83.4 Å². The van der Waals surface area contributed by atoms with Gasteiger partial charge in [-0.2, -0.15) is 13.2 Å². The van der Waals surface area contributed by atoms with E-state index in [-0.39, 0.29) is 5.92 Å². The van der Waals surface area contributed by atoms with E-state index in [2.05, 4.69) is 16.0 Å². The zero-order valence-corrected chi connectivity index (χ0v) is 19.5. The molecule has 1 aliphatic carbocycles. The normalized spacial score (nSPS) is 23.0. The van der Waals surface area contributed by atoms with Gasteiger partial charge in [0.1, 0.15) is 18.2 Å². The third kappa shape index (κ3) is 6.39. The Morgan fingerprint density at radius 1 is 1.28 bits per heavy atom. The molecule has 0 bridgehead atoms. The molecule has 4 aliphatic rings. The molecule has 36 heavy (non-hydrogen) atoms. The summed E-state index contributed by atoms with van der Waals surface area (Å²) in [6.07, 6.45) is 12.3. The number of carbonyl (C=O) groups is 1. The minimum Gasteiger partial charge on any atom is -0.398 e. The number of hydrogen-bond acceptors (Lipinski definition) is 6. The van der Waals surface area contributed by atoms with E-state index in [4.69, 9.17) is 11.1 Å². The lowest BCUT2D eigenvalue weighted by Crippen LogP contribution is -2.45. The summed E-state index contributed by atoms with van der Waals surface area (Å²) in [4.78, 5) is 15.8. The molecule has 1 saturated heterocycles. The van der Waals surface area contributed by atoms with E-state index < -0.39 is 18.8 Å². The molecule has 3 aliphatic heterocycles. The average Bonchev–Trinajstić information content (AvgIpc) is 3.29. The highest BCUT2D eigenvalue weighted by molar-refractivity contribution is 5.90. The molecule has 1 unspecified atom stereocenters. The molecule has 2 amide bonds. The Bertz CT molecular complexity index is 1110. The summed E-state index contributed by atoms with van der Waals surface area (Å²) >= 11 is 0. The molecular weight excluding hydrogens is 473 g/mol. The zero-order chi connectivity index (χ0) is 25.7. The fourth-order valence-electron chi connectivity index (χ4n) is 4.14. The summed E-state index contributed by atoms with van der Waals surface area (Å²) in [5.41, 5.74) is 9.05. The van der Waals surface area contributed by atoms with Crippen molar-refractivity contribution in [2.24, 2.45) is 11.7 Å². The fraction of sp³-hybridized carbons (Fsp3) is 0.333. The van der Waals surface area contributed by atoms with Crippen molar-refractivity contribution in [2.45, 2.75) is 12.6 Å². The summed E-state index contributed by atoms with van der Waals surface area (Å²) in [5.74, 6) is 1.13. The molecule has 0 spiro atoms. The number of hydrogen-bond donors (Lipinski definition) is 6. The first-order valence-electron chi connectivity index (χ1n) is 11.6. The standard InChI is InChI=1S/C24H29F3N8O/c25-24(26,27)15-32-23(36)33-18-3-1-2-17(12-18)20-14-31-22-13-16(6-9-35(20)22)19(28)4-5-21(29)34-10-7-30-8-11-34/h1-6,9,13-14,17,29-31H,7-8,10-12,15,28H2,(H2,32,33,36). The van der Waals surface area contributed by atoms with Gasteiger partial charge in [0.25, 0.3) is 0 Å². The molecule has 192 valence electrons. The maximum absolute atomic E-state index is 12.3. The summed E-state index contributed by atoms with van der Waals surface area (Å²) in [6.45, 7) is 1.90. The SMILES string of the molecule is N=C(C=CC(N)=C1C=CN2C(=C1)NC=C2C1C=CC=C(NC(=O)NCC(F)(F)F)C1)N1CCNCC1. The van der Waals surface area contributed by atoms with E-state index in [1.54, 1.807) is 24.3 Å². The molecule has 7 N–H and O–H groups in total. The third-order valence-corrected chi connectivity index (χ3v) is 6.00. The predicted octanol–water partition coefficient (Wildman–Crippen LogP) is 2.07. The number of amides is 2. The van der Waals surface area contributed by atoms with Gasteiger partial charge in [-0.25, -0.2) is 4.79 Å². The van der Waals surface area contributed by atoms with Crippen LogP contribution in [-0.4, -0.2) is 60.6 Å². The first-order chi connectivity index (χ1) is 17.2. The number of alkyl halides is 3. The number of nitrogens with two attached hydrogens (primary N) is 1. The van der Waals surface area contributed by atoms with Crippen LogP contribution in [0.2, 0.25) is 0 Å². The number of urea groups is 1. The molecule has 0 aromatic carbocycles. The van der Waals surface area contributed by atoms with Crippen molar-refractivity contribution in [1.29, 1.82) is 5.41 Å². The van der Waals surface area contributed by atoms with E-state index in [0.29, 0.717) is 23.7 Å². The van der Waals surface area contributed by atoms with Gasteiger partial charge in [-0.15, -0.1) is 0 Å². The quantitative estimate of drug-likeness (QED) is 0.253. The lowest BCUT2D eigenvalue weighted by Gasteiger charge is -2.28. The van der Waals surface area contributed by atoms with Gasteiger partial charge < -0.3 is 36.8 Å². The number of piperazine rings is 1. The highest BCUT2D eigenvalue weighted by atomic mass is 19.4. The Labute approximate surface area is 207 Å². The molecule has 0 radical (unpaired) electrons. The Morgan fingerprint density at radius 3 is 2.81 bits per heavy atom. The van der Waals surface area contributed by atoms with Gasteiger partial charge >= 0.3 is 12.2 Å². The smallest absolute Gasteiger partial charge is 0.398 e. The average molecular weight is 503 g/mol. The highest BCUT2D eigenvalue weighted by Gasteiger charge is 2.30. The van der Waals surface area contributed by atoms with Crippen molar-refractivity contribution in [3.8, 4) is 0 Å². The summed E-state index contributed by atoms with van der Waals surface area (Å²) in [5, 5.41) is 19.0. The first kappa shape index (κ1) is 25.2. The molecule has 9 nitrogen and oxygen atoms in total. The van der Waals surface area contributed by atoms with Crippen LogP contribution in [0, 0.1) is 11.3 Å². The second-order valence-corrected chi connectivity index (χ2v) is 8.61. The van der Waals surface area contributed by atoms with Gasteiger partial charge in [-0.3, -0.25) is 5.41 Å². The van der Waals surface area contributed by atoms with Gasteiger partial charge in [0, 0.05) is 67.2 Å². The van der Waals surface area contributed by atoms with Gasteiger partial charge in [-0.05, 0) is 36.8 Å². The van der Waals surface area contributed by atoms with Crippen LogP contribution < -0.4 is 27.0 Å². The van der Waals surface area contributed by atoms with Crippen molar-refractivity contribution in [3.05, 3.63) is 83.4 Å². The van der Waals surface area contributed by atoms with E-state index in [1.165, 1.54) is 0 Å². The van der Waals surface area contributed by atoms with Gasteiger partial charge in [0.2, 0.25) is 0 Å². The van der Waals surface area contributed by atoms with Crippen LogP contribution in [0.4, 0.5) is 18.0 Å². The highest BCUT2D eigenvalue weighted by Crippen LogP contribution is 2.34. The van der Waals surface area contributed by atoms with E-state index >= 15 is 0 Å². The van der Waals surface area contributed by atoms with Crippen molar-refractivity contribution in [2.75, 3.05) is 32.7 Å². The van der Waals surface area contributed by atoms with Crippen LogP contribution >= 0.6 is 0 Å². The number of carbonyl (C=O) groups excluding carboxylic acids is 1. The molecule has 0 saturated carbocycles. The van der Waals surface area contributed by atoms with Crippen molar-refractivity contribution in [3.63, 3.8) is 0 Å². The maximum Gasteiger partial charge on any atom is 0.405 e. The lowest BCUT2D eigenvalue weighted by molar-refractivity contribution is -0.122. The largest absolute Gasteiger partial charge is 0.405 e. The second-order valence-electron chi connectivity index (χ2n) is 8.61. The minimum absolute atomic E-state index is 0.0988. The van der Waals surface area contributed by atoms with E-state index in [0.717, 1.165) is 43.3 Å². The zero-order valence-electron chi connectivity index (χ0n) is 19.5. The van der Waals surface area contributed by atoms with Gasteiger partial charge in [0.05, 0.1) is 0 Å². The monoisotopic (exact) mass is 502 g/mol. The topological polar surface area (TPSA) is 122 Å². The molecular formula is C24H29F3N8O. The van der Waals surface area contributed by atoms with E-state index in [1.807, 2.05) is 45.7 Å². The number of fused-ring (bicyclic) bond motifs is 1.